The molecule has 3 rings (SSSR count). The minimum Gasteiger partial charge on any atom is -0.493 e. The minimum absolute atomic E-state index is 0.0687. The predicted molar refractivity (Wildman–Crippen MR) is 103 cm³/mol. The average Bonchev–Trinajstić information content (AvgIpc) is 2.64. The Hall–Kier alpha value is -3.01. The van der Waals surface area contributed by atoms with Crippen molar-refractivity contribution in [2.24, 2.45) is 0 Å². The summed E-state index contributed by atoms with van der Waals surface area (Å²) in [5.74, 6) is 2.00. The van der Waals surface area contributed by atoms with Crippen LogP contribution in [0.15, 0.2) is 48.6 Å². The van der Waals surface area contributed by atoms with Gasteiger partial charge in [0.2, 0.25) is 0 Å². The van der Waals surface area contributed by atoms with E-state index in [0.29, 0.717) is 17.1 Å². The van der Waals surface area contributed by atoms with Crippen LogP contribution >= 0.6 is 0 Å². The highest BCUT2D eigenvalue weighted by molar-refractivity contribution is 6.07. The number of methoxy groups -OCH3 is 2. The smallest absolute Gasteiger partial charge is 0.185 e. The van der Waals surface area contributed by atoms with Crippen molar-refractivity contribution in [1.82, 2.24) is 0 Å². The summed E-state index contributed by atoms with van der Waals surface area (Å²) in [5.41, 5.74) is 2.06. The summed E-state index contributed by atoms with van der Waals surface area (Å²) in [7, 11) is 3.17. The Kier molecular flexibility index (Phi) is 4.85. The lowest BCUT2D eigenvalue weighted by molar-refractivity contribution is 0.104. The molecule has 26 heavy (non-hydrogen) atoms. The molecule has 4 heteroatoms. The summed E-state index contributed by atoms with van der Waals surface area (Å²) < 4.78 is 16.4. The molecule has 0 radical (unpaired) electrons. The van der Waals surface area contributed by atoms with Gasteiger partial charge in [-0.2, -0.15) is 0 Å². The molecule has 0 aromatic heterocycles. The number of hydrogen-bond donors (Lipinski definition) is 0. The van der Waals surface area contributed by atoms with E-state index in [-0.39, 0.29) is 11.4 Å². The summed E-state index contributed by atoms with van der Waals surface area (Å²) in [6.07, 6.45) is 7.30. The maximum Gasteiger partial charge on any atom is 0.185 e. The molecule has 4 nitrogen and oxygen atoms in total. The van der Waals surface area contributed by atoms with Gasteiger partial charge in [0.25, 0.3) is 0 Å². The molecule has 0 amide bonds. The molecular weight excluding hydrogens is 328 g/mol. The molecule has 0 N–H and O–H groups in total. The SMILES string of the molecule is COc1ccc(/C=C/C(=O)c2ccc3c(c2)C=CC(C)(C)O3)cc1OC. The Bertz CT molecular complexity index is 891. The molecule has 0 bridgehead atoms. The highest BCUT2D eigenvalue weighted by atomic mass is 16.5. The minimum atomic E-state index is -0.328. The van der Waals surface area contributed by atoms with Crippen molar-refractivity contribution < 1.29 is 19.0 Å². The Balaban J connectivity index is 1.79. The van der Waals surface area contributed by atoms with Crippen molar-refractivity contribution in [1.29, 1.82) is 0 Å². The van der Waals surface area contributed by atoms with E-state index in [9.17, 15) is 4.79 Å². The molecule has 1 aliphatic rings. The summed E-state index contributed by atoms with van der Waals surface area (Å²) >= 11 is 0. The largest absolute Gasteiger partial charge is 0.493 e. The van der Waals surface area contributed by atoms with Crippen LogP contribution in [0.4, 0.5) is 0 Å². The van der Waals surface area contributed by atoms with Crippen molar-refractivity contribution in [2.45, 2.75) is 19.4 Å². The van der Waals surface area contributed by atoms with E-state index in [0.717, 1.165) is 16.9 Å². The van der Waals surface area contributed by atoms with Gasteiger partial charge in [-0.05, 0) is 61.9 Å². The fourth-order valence-electron chi connectivity index (χ4n) is 2.76. The summed E-state index contributed by atoms with van der Waals surface area (Å²) in [6.45, 7) is 3.99. The third-order valence-corrected chi connectivity index (χ3v) is 4.17. The topological polar surface area (TPSA) is 44.8 Å². The molecule has 2 aromatic rings. The standard InChI is InChI=1S/C22H22O4/c1-22(2)12-11-17-14-16(7-10-19(17)26-22)18(23)8-5-15-6-9-20(24-3)21(13-15)25-4/h5-14H,1-4H3/b8-5+. The first-order chi connectivity index (χ1) is 12.4. The molecule has 0 saturated carbocycles. The molecule has 0 spiro atoms. The Morgan fingerprint density at radius 2 is 1.81 bits per heavy atom. The quantitative estimate of drug-likeness (QED) is 0.575. The Morgan fingerprint density at radius 1 is 1.04 bits per heavy atom. The zero-order chi connectivity index (χ0) is 18.7. The average molecular weight is 350 g/mol. The van der Waals surface area contributed by atoms with E-state index in [1.165, 1.54) is 0 Å². The van der Waals surface area contributed by atoms with Gasteiger partial charge in [0.1, 0.15) is 11.4 Å². The van der Waals surface area contributed by atoms with E-state index in [4.69, 9.17) is 14.2 Å². The Labute approximate surface area is 153 Å². The fraction of sp³-hybridized carbons (Fsp3) is 0.227. The van der Waals surface area contributed by atoms with Gasteiger partial charge in [-0.1, -0.05) is 18.2 Å². The maximum absolute atomic E-state index is 12.5. The van der Waals surface area contributed by atoms with Gasteiger partial charge in [-0.25, -0.2) is 0 Å². The van der Waals surface area contributed by atoms with Gasteiger partial charge in [0.15, 0.2) is 17.3 Å². The van der Waals surface area contributed by atoms with Crippen LogP contribution in [-0.4, -0.2) is 25.6 Å². The molecule has 0 fully saturated rings. The molecule has 1 aliphatic heterocycles. The highest BCUT2D eigenvalue weighted by Crippen LogP contribution is 2.32. The Morgan fingerprint density at radius 3 is 2.54 bits per heavy atom. The number of carbonyl (C=O) groups is 1. The lowest BCUT2D eigenvalue weighted by Crippen LogP contribution is -2.27. The molecule has 0 atom stereocenters. The van der Waals surface area contributed by atoms with E-state index in [2.05, 4.69) is 0 Å². The number of rotatable bonds is 5. The zero-order valence-corrected chi connectivity index (χ0v) is 15.4. The highest BCUT2D eigenvalue weighted by Gasteiger charge is 2.21. The first-order valence-electron chi connectivity index (χ1n) is 8.38. The van der Waals surface area contributed by atoms with Crippen molar-refractivity contribution in [3.63, 3.8) is 0 Å². The number of ether oxygens (including phenoxy) is 3. The summed E-state index contributed by atoms with van der Waals surface area (Å²) in [6, 6.07) is 11.0. The number of hydrogen-bond acceptors (Lipinski definition) is 4. The first-order valence-corrected chi connectivity index (χ1v) is 8.38. The van der Waals surface area contributed by atoms with Crippen LogP contribution in [0, 0.1) is 0 Å². The number of ketones is 1. The van der Waals surface area contributed by atoms with Gasteiger partial charge < -0.3 is 14.2 Å². The number of fused-ring (bicyclic) bond motifs is 1. The lowest BCUT2D eigenvalue weighted by atomic mass is 9.99. The van der Waals surface area contributed by atoms with Crippen molar-refractivity contribution in [2.75, 3.05) is 14.2 Å². The van der Waals surface area contributed by atoms with Crippen LogP contribution in [0.3, 0.4) is 0 Å². The molecule has 2 aromatic carbocycles. The van der Waals surface area contributed by atoms with Gasteiger partial charge in [-0.3, -0.25) is 4.79 Å². The van der Waals surface area contributed by atoms with Crippen LogP contribution < -0.4 is 14.2 Å². The molecule has 0 saturated heterocycles. The lowest BCUT2D eigenvalue weighted by Gasteiger charge is -2.27. The van der Waals surface area contributed by atoms with Crippen LogP contribution in [0.1, 0.15) is 35.3 Å². The summed E-state index contributed by atoms with van der Waals surface area (Å²) in [5, 5.41) is 0. The van der Waals surface area contributed by atoms with E-state index in [1.807, 2.05) is 56.3 Å². The van der Waals surface area contributed by atoms with Crippen molar-refractivity contribution in [3.8, 4) is 17.2 Å². The van der Waals surface area contributed by atoms with Crippen LogP contribution in [0.5, 0.6) is 17.2 Å². The summed E-state index contributed by atoms with van der Waals surface area (Å²) in [4.78, 5) is 12.5. The second-order valence-corrected chi connectivity index (χ2v) is 6.60. The maximum atomic E-state index is 12.5. The third kappa shape index (κ3) is 3.80. The van der Waals surface area contributed by atoms with Gasteiger partial charge in [-0.15, -0.1) is 0 Å². The van der Waals surface area contributed by atoms with Crippen molar-refractivity contribution in [3.05, 3.63) is 65.2 Å². The monoisotopic (exact) mass is 350 g/mol. The molecular formula is C22H22O4. The van der Waals surface area contributed by atoms with Crippen LogP contribution in [0.2, 0.25) is 0 Å². The van der Waals surface area contributed by atoms with Crippen molar-refractivity contribution >= 4 is 17.9 Å². The predicted octanol–water partition coefficient (Wildman–Crippen LogP) is 4.78. The fourth-order valence-corrected chi connectivity index (χ4v) is 2.76. The van der Waals surface area contributed by atoms with E-state index in [1.54, 1.807) is 32.4 Å². The van der Waals surface area contributed by atoms with Crippen LogP contribution in [0.25, 0.3) is 12.2 Å². The molecule has 0 unspecified atom stereocenters. The van der Waals surface area contributed by atoms with Gasteiger partial charge in [0.05, 0.1) is 14.2 Å². The number of benzene rings is 2. The second-order valence-electron chi connectivity index (χ2n) is 6.60. The van der Waals surface area contributed by atoms with E-state index >= 15 is 0 Å². The van der Waals surface area contributed by atoms with E-state index < -0.39 is 0 Å². The number of allylic oxidation sites excluding steroid dienone is 1. The first kappa shape index (κ1) is 17.8. The molecule has 1 heterocycles. The van der Waals surface area contributed by atoms with Crippen LogP contribution in [-0.2, 0) is 0 Å². The molecule has 0 aliphatic carbocycles. The third-order valence-electron chi connectivity index (χ3n) is 4.17. The normalized spacial score (nSPS) is 14.6. The number of carbonyl (C=O) groups excluding carboxylic acids is 1. The molecule has 134 valence electrons. The van der Waals surface area contributed by atoms with Gasteiger partial charge in [0, 0.05) is 11.1 Å². The van der Waals surface area contributed by atoms with Gasteiger partial charge >= 0.3 is 0 Å². The zero-order valence-electron chi connectivity index (χ0n) is 15.4. The second kappa shape index (κ2) is 7.08.